The van der Waals surface area contributed by atoms with E-state index in [-0.39, 0.29) is 5.60 Å². The SMILES string of the molecule is CCNc1cc(OC(C)(C)C)nc(COC)n1. The predicted molar refractivity (Wildman–Crippen MR) is 67.3 cm³/mol. The Morgan fingerprint density at radius 1 is 1.29 bits per heavy atom. The molecule has 0 atom stereocenters. The topological polar surface area (TPSA) is 56.3 Å². The van der Waals surface area contributed by atoms with E-state index in [1.165, 1.54) is 0 Å². The fourth-order valence-corrected chi connectivity index (χ4v) is 1.30. The molecule has 1 heterocycles. The van der Waals surface area contributed by atoms with Gasteiger partial charge < -0.3 is 14.8 Å². The van der Waals surface area contributed by atoms with Crippen molar-refractivity contribution >= 4 is 5.82 Å². The molecule has 1 aromatic rings. The summed E-state index contributed by atoms with van der Waals surface area (Å²) in [5, 5.41) is 3.15. The first kappa shape index (κ1) is 13.7. The Bertz CT molecular complexity index is 337. The number of anilines is 1. The lowest BCUT2D eigenvalue weighted by molar-refractivity contribution is 0.121. The van der Waals surface area contributed by atoms with Crippen LogP contribution < -0.4 is 10.1 Å². The quantitative estimate of drug-likeness (QED) is 0.854. The highest BCUT2D eigenvalue weighted by molar-refractivity contribution is 5.38. The average molecular weight is 239 g/mol. The molecule has 1 N–H and O–H groups in total. The first-order valence-corrected chi connectivity index (χ1v) is 5.74. The summed E-state index contributed by atoms with van der Waals surface area (Å²) in [5.41, 5.74) is -0.276. The van der Waals surface area contributed by atoms with Gasteiger partial charge in [0.05, 0.1) is 0 Å². The lowest BCUT2D eigenvalue weighted by atomic mass is 10.2. The van der Waals surface area contributed by atoms with Gasteiger partial charge >= 0.3 is 0 Å². The number of methoxy groups -OCH3 is 1. The Labute approximate surface area is 103 Å². The Hall–Kier alpha value is -1.36. The van der Waals surface area contributed by atoms with Gasteiger partial charge in [-0.15, -0.1) is 0 Å². The predicted octanol–water partition coefficient (Wildman–Crippen LogP) is 2.23. The van der Waals surface area contributed by atoms with Gasteiger partial charge in [-0.3, -0.25) is 0 Å². The van der Waals surface area contributed by atoms with Gasteiger partial charge in [0.25, 0.3) is 0 Å². The van der Waals surface area contributed by atoms with E-state index < -0.39 is 0 Å². The Morgan fingerprint density at radius 2 is 2.00 bits per heavy atom. The van der Waals surface area contributed by atoms with Crippen LogP contribution in [-0.4, -0.2) is 29.2 Å². The van der Waals surface area contributed by atoms with Crippen LogP contribution in [0.25, 0.3) is 0 Å². The normalized spacial score (nSPS) is 11.4. The molecule has 1 rings (SSSR count). The van der Waals surface area contributed by atoms with Crippen LogP contribution in [-0.2, 0) is 11.3 Å². The zero-order valence-electron chi connectivity index (χ0n) is 11.2. The van der Waals surface area contributed by atoms with Crippen molar-refractivity contribution in [3.63, 3.8) is 0 Å². The van der Waals surface area contributed by atoms with Gasteiger partial charge in [0.1, 0.15) is 18.0 Å². The number of nitrogens with zero attached hydrogens (tertiary/aromatic N) is 2. The molecule has 96 valence electrons. The van der Waals surface area contributed by atoms with Gasteiger partial charge in [0.2, 0.25) is 5.88 Å². The van der Waals surface area contributed by atoms with Crippen molar-refractivity contribution in [1.29, 1.82) is 0 Å². The minimum atomic E-state index is -0.276. The van der Waals surface area contributed by atoms with E-state index in [1.54, 1.807) is 13.2 Å². The van der Waals surface area contributed by atoms with Gasteiger partial charge in [-0.2, -0.15) is 4.98 Å². The van der Waals surface area contributed by atoms with Crippen LogP contribution in [0.2, 0.25) is 0 Å². The summed E-state index contributed by atoms with van der Waals surface area (Å²) in [6, 6.07) is 1.80. The molecule has 5 heteroatoms. The number of ether oxygens (including phenoxy) is 2. The van der Waals surface area contributed by atoms with E-state index in [4.69, 9.17) is 9.47 Å². The zero-order valence-corrected chi connectivity index (χ0v) is 11.2. The molecule has 17 heavy (non-hydrogen) atoms. The number of rotatable bonds is 5. The molecule has 0 saturated carbocycles. The third kappa shape index (κ3) is 4.99. The lowest BCUT2D eigenvalue weighted by Crippen LogP contribution is -2.24. The molecule has 0 amide bonds. The van der Waals surface area contributed by atoms with Crippen LogP contribution in [0.4, 0.5) is 5.82 Å². The summed E-state index contributed by atoms with van der Waals surface area (Å²) in [4.78, 5) is 8.61. The molecule has 0 saturated heterocycles. The van der Waals surface area contributed by atoms with Gasteiger partial charge in [-0.05, 0) is 27.7 Å². The molecule has 0 unspecified atom stereocenters. The maximum absolute atomic E-state index is 5.73. The molecule has 0 spiro atoms. The largest absolute Gasteiger partial charge is 0.472 e. The second-order valence-electron chi connectivity index (χ2n) is 4.69. The zero-order chi connectivity index (χ0) is 12.9. The summed E-state index contributed by atoms with van der Waals surface area (Å²) in [5.74, 6) is 1.94. The van der Waals surface area contributed by atoms with E-state index >= 15 is 0 Å². The number of hydrogen-bond acceptors (Lipinski definition) is 5. The molecule has 0 aliphatic rings. The fraction of sp³-hybridized carbons (Fsp3) is 0.667. The molecule has 5 nitrogen and oxygen atoms in total. The van der Waals surface area contributed by atoms with Crippen molar-refractivity contribution in [1.82, 2.24) is 9.97 Å². The summed E-state index contributed by atoms with van der Waals surface area (Å²) in [7, 11) is 1.62. The Kier molecular flexibility index (Phi) is 4.69. The highest BCUT2D eigenvalue weighted by atomic mass is 16.5. The smallest absolute Gasteiger partial charge is 0.219 e. The second kappa shape index (κ2) is 5.82. The van der Waals surface area contributed by atoms with Crippen molar-refractivity contribution in [2.24, 2.45) is 0 Å². The van der Waals surface area contributed by atoms with Crippen molar-refractivity contribution in [3.8, 4) is 5.88 Å². The average Bonchev–Trinajstić information content (AvgIpc) is 2.15. The van der Waals surface area contributed by atoms with Crippen LogP contribution in [0.15, 0.2) is 6.07 Å². The Morgan fingerprint density at radius 3 is 2.53 bits per heavy atom. The van der Waals surface area contributed by atoms with E-state index in [0.29, 0.717) is 18.3 Å². The van der Waals surface area contributed by atoms with E-state index in [0.717, 1.165) is 12.4 Å². The number of aromatic nitrogens is 2. The van der Waals surface area contributed by atoms with Gasteiger partial charge in [0, 0.05) is 19.7 Å². The van der Waals surface area contributed by atoms with Crippen molar-refractivity contribution in [3.05, 3.63) is 11.9 Å². The van der Waals surface area contributed by atoms with Crippen molar-refractivity contribution < 1.29 is 9.47 Å². The van der Waals surface area contributed by atoms with Crippen LogP contribution in [0.3, 0.4) is 0 Å². The molecule has 0 bridgehead atoms. The summed E-state index contributed by atoms with van der Waals surface area (Å²) >= 11 is 0. The lowest BCUT2D eigenvalue weighted by Gasteiger charge is -2.21. The molecular weight excluding hydrogens is 218 g/mol. The summed E-state index contributed by atoms with van der Waals surface area (Å²) < 4.78 is 10.8. The molecule has 0 aromatic carbocycles. The van der Waals surface area contributed by atoms with Crippen LogP contribution >= 0.6 is 0 Å². The van der Waals surface area contributed by atoms with Crippen LogP contribution in [0.5, 0.6) is 5.88 Å². The van der Waals surface area contributed by atoms with Crippen molar-refractivity contribution in [2.75, 3.05) is 19.0 Å². The third-order valence-corrected chi connectivity index (χ3v) is 1.79. The number of nitrogens with one attached hydrogen (secondary N) is 1. The van der Waals surface area contributed by atoms with E-state index in [1.807, 2.05) is 27.7 Å². The molecule has 0 fully saturated rings. The van der Waals surface area contributed by atoms with Gasteiger partial charge in [-0.25, -0.2) is 4.98 Å². The maximum Gasteiger partial charge on any atom is 0.219 e. The highest BCUT2D eigenvalue weighted by Crippen LogP contribution is 2.19. The monoisotopic (exact) mass is 239 g/mol. The van der Waals surface area contributed by atoms with Gasteiger partial charge in [-0.1, -0.05) is 0 Å². The molecule has 0 aliphatic heterocycles. The minimum Gasteiger partial charge on any atom is -0.472 e. The minimum absolute atomic E-state index is 0.276. The second-order valence-corrected chi connectivity index (χ2v) is 4.69. The fourth-order valence-electron chi connectivity index (χ4n) is 1.30. The molecule has 1 aromatic heterocycles. The summed E-state index contributed by atoms with van der Waals surface area (Å²) in [6.45, 7) is 9.15. The van der Waals surface area contributed by atoms with Crippen LogP contribution in [0.1, 0.15) is 33.5 Å². The Balaban J connectivity index is 2.94. The molecular formula is C12H21N3O2. The third-order valence-electron chi connectivity index (χ3n) is 1.79. The molecule has 0 aliphatic carbocycles. The number of hydrogen-bond donors (Lipinski definition) is 1. The summed E-state index contributed by atoms with van der Waals surface area (Å²) in [6.07, 6.45) is 0. The standard InChI is InChI=1S/C12H21N3O2/c1-6-13-9-7-11(17-12(2,3)4)15-10(14-9)8-16-5/h7H,6,8H2,1-5H3,(H,13,14,15). The van der Waals surface area contributed by atoms with Crippen LogP contribution in [0, 0.1) is 0 Å². The molecule has 0 radical (unpaired) electrons. The first-order chi connectivity index (χ1) is 7.94. The van der Waals surface area contributed by atoms with Gasteiger partial charge in [0.15, 0.2) is 5.82 Å². The maximum atomic E-state index is 5.73. The first-order valence-electron chi connectivity index (χ1n) is 5.74. The highest BCUT2D eigenvalue weighted by Gasteiger charge is 2.14. The van der Waals surface area contributed by atoms with Crippen molar-refractivity contribution in [2.45, 2.75) is 39.9 Å². The van der Waals surface area contributed by atoms with E-state index in [9.17, 15) is 0 Å². The van der Waals surface area contributed by atoms with E-state index in [2.05, 4.69) is 15.3 Å².